The van der Waals surface area contributed by atoms with Crippen LogP contribution in [0.4, 0.5) is 5.69 Å². The summed E-state index contributed by atoms with van der Waals surface area (Å²) in [5.41, 5.74) is 5.15. The number of pyridine rings is 1. The van der Waals surface area contributed by atoms with Gasteiger partial charge in [0.1, 0.15) is 5.75 Å². The molecule has 0 bridgehead atoms. The summed E-state index contributed by atoms with van der Waals surface area (Å²) >= 11 is 0. The number of benzene rings is 3. The van der Waals surface area contributed by atoms with Gasteiger partial charge in [0.15, 0.2) is 18.1 Å². The minimum Gasteiger partial charge on any atom is -0.508 e. The molecule has 0 atom stereocenters. The molecule has 0 unspecified atom stereocenters. The zero-order valence-electron chi connectivity index (χ0n) is 19.7. The van der Waals surface area contributed by atoms with E-state index in [1.165, 1.54) is 12.1 Å². The molecule has 0 radical (unpaired) electrons. The minimum absolute atomic E-state index is 0.0924. The molecule has 2 aliphatic rings. The molecule has 6 rings (SSSR count). The summed E-state index contributed by atoms with van der Waals surface area (Å²) in [7, 11) is 0. The van der Waals surface area contributed by atoms with E-state index < -0.39 is 18.5 Å². The number of aromatic hydroxyl groups is 1. The van der Waals surface area contributed by atoms with Crippen molar-refractivity contribution in [3.8, 4) is 17.2 Å². The second kappa shape index (κ2) is 9.31. The van der Waals surface area contributed by atoms with Gasteiger partial charge >= 0.3 is 5.97 Å². The van der Waals surface area contributed by atoms with Crippen molar-refractivity contribution in [1.29, 1.82) is 0 Å². The van der Waals surface area contributed by atoms with Gasteiger partial charge in [-0.15, -0.1) is 0 Å². The van der Waals surface area contributed by atoms with Crippen LogP contribution < -0.4 is 14.8 Å². The number of hydrogen-bond donors (Lipinski definition) is 2. The highest BCUT2D eigenvalue weighted by Gasteiger charge is 2.28. The first-order chi connectivity index (χ1) is 18.0. The highest BCUT2D eigenvalue weighted by Crippen LogP contribution is 2.39. The number of esters is 1. The average Bonchev–Trinajstić information content (AvgIpc) is 3.54. The van der Waals surface area contributed by atoms with Crippen molar-refractivity contribution in [2.24, 2.45) is 0 Å². The third-order valence-corrected chi connectivity index (χ3v) is 6.37. The smallest absolute Gasteiger partial charge is 0.339 e. The third-order valence-electron chi connectivity index (χ3n) is 6.37. The van der Waals surface area contributed by atoms with Crippen LogP contribution in [0, 0.1) is 0 Å². The summed E-state index contributed by atoms with van der Waals surface area (Å²) in [4.78, 5) is 30.6. The molecule has 1 aliphatic heterocycles. The summed E-state index contributed by atoms with van der Waals surface area (Å²) in [5.74, 6) is 0.471. The molecule has 184 valence electrons. The van der Waals surface area contributed by atoms with Crippen LogP contribution in [0.3, 0.4) is 0 Å². The second-order valence-corrected chi connectivity index (χ2v) is 8.78. The van der Waals surface area contributed by atoms with Crippen molar-refractivity contribution in [3.05, 3.63) is 89.1 Å². The van der Waals surface area contributed by atoms with E-state index in [1.807, 2.05) is 42.5 Å². The standard InChI is InChI=1S/C29H22N2O6/c32-20-9-7-19(8-10-20)30-26(33)15-35-29(34)27-21-3-1-2-4-23(21)31-28-18(6-11-22(27)28)13-17-5-12-24-25(14-17)37-16-36-24/h1-5,7-10,12-14,32H,6,11,15-16H2,(H,30,33)/b18-13+. The maximum Gasteiger partial charge on any atom is 0.339 e. The Morgan fingerprint density at radius 2 is 1.81 bits per heavy atom. The van der Waals surface area contributed by atoms with E-state index >= 15 is 0 Å². The molecule has 1 amide bonds. The fourth-order valence-corrected chi connectivity index (χ4v) is 4.66. The van der Waals surface area contributed by atoms with E-state index in [9.17, 15) is 14.7 Å². The molecule has 37 heavy (non-hydrogen) atoms. The molecule has 3 aromatic carbocycles. The maximum absolute atomic E-state index is 13.3. The number of carbonyl (C=O) groups excluding carboxylic acids is 2. The van der Waals surface area contributed by atoms with Crippen molar-refractivity contribution in [2.75, 3.05) is 18.7 Å². The van der Waals surface area contributed by atoms with Gasteiger partial charge in [-0.2, -0.15) is 0 Å². The lowest BCUT2D eigenvalue weighted by atomic mass is 10.0. The molecule has 2 heterocycles. The van der Waals surface area contributed by atoms with Gasteiger partial charge in [0.05, 0.1) is 16.8 Å². The topological polar surface area (TPSA) is 107 Å². The van der Waals surface area contributed by atoms with E-state index in [0.29, 0.717) is 40.7 Å². The molecule has 0 fully saturated rings. The largest absolute Gasteiger partial charge is 0.508 e. The Bertz CT molecular complexity index is 1580. The van der Waals surface area contributed by atoms with Gasteiger partial charge in [-0.3, -0.25) is 4.79 Å². The number of nitrogens with zero attached hydrogens (tertiary/aromatic N) is 1. The van der Waals surface area contributed by atoms with E-state index in [1.54, 1.807) is 12.1 Å². The molecule has 4 aromatic rings. The molecule has 2 N–H and O–H groups in total. The number of fused-ring (bicyclic) bond motifs is 3. The van der Waals surface area contributed by atoms with Crippen molar-refractivity contribution >= 4 is 40.1 Å². The number of nitrogens with one attached hydrogen (secondary N) is 1. The van der Waals surface area contributed by atoms with Crippen molar-refractivity contribution in [2.45, 2.75) is 12.8 Å². The second-order valence-electron chi connectivity index (χ2n) is 8.78. The molecule has 8 heteroatoms. The highest BCUT2D eigenvalue weighted by atomic mass is 16.7. The molecule has 0 spiro atoms. The van der Waals surface area contributed by atoms with Gasteiger partial charge in [0.25, 0.3) is 5.91 Å². The monoisotopic (exact) mass is 494 g/mol. The van der Waals surface area contributed by atoms with Gasteiger partial charge < -0.3 is 24.6 Å². The van der Waals surface area contributed by atoms with Gasteiger partial charge in [-0.05, 0) is 78.1 Å². The molecule has 8 nitrogen and oxygen atoms in total. The summed E-state index contributed by atoms with van der Waals surface area (Å²) in [5, 5.41) is 12.7. The molecule has 0 saturated heterocycles. The Morgan fingerprint density at radius 1 is 1.00 bits per heavy atom. The number of allylic oxidation sites excluding steroid dienone is 1. The van der Waals surface area contributed by atoms with Gasteiger partial charge in [0.2, 0.25) is 6.79 Å². The quantitative estimate of drug-likeness (QED) is 0.299. The van der Waals surface area contributed by atoms with Crippen LogP contribution in [0.2, 0.25) is 0 Å². The van der Waals surface area contributed by atoms with E-state index in [0.717, 1.165) is 28.1 Å². The summed E-state index contributed by atoms with van der Waals surface area (Å²) < 4.78 is 16.3. The van der Waals surface area contributed by atoms with Crippen molar-refractivity contribution in [1.82, 2.24) is 4.98 Å². The van der Waals surface area contributed by atoms with Crippen LogP contribution in [0.1, 0.15) is 33.6 Å². The number of rotatable bonds is 5. The first-order valence-corrected chi connectivity index (χ1v) is 11.8. The number of ether oxygens (including phenoxy) is 3. The third kappa shape index (κ3) is 4.45. The van der Waals surface area contributed by atoms with Gasteiger partial charge in [-0.25, -0.2) is 9.78 Å². The van der Waals surface area contributed by atoms with Crippen molar-refractivity contribution in [3.63, 3.8) is 0 Å². The first-order valence-electron chi connectivity index (χ1n) is 11.8. The maximum atomic E-state index is 13.3. The molecule has 0 saturated carbocycles. The number of phenols is 1. The Labute approximate surface area is 212 Å². The van der Waals surface area contributed by atoms with E-state index in [2.05, 4.69) is 11.4 Å². The van der Waals surface area contributed by atoms with E-state index in [4.69, 9.17) is 19.2 Å². The Balaban J connectivity index is 1.28. The molecular weight excluding hydrogens is 472 g/mol. The number of anilines is 1. The Kier molecular flexibility index (Phi) is 5.69. The lowest BCUT2D eigenvalue weighted by Crippen LogP contribution is -2.21. The Hall–Kier alpha value is -4.85. The fourth-order valence-electron chi connectivity index (χ4n) is 4.66. The van der Waals surface area contributed by atoms with Gasteiger partial charge in [-0.1, -0.05) is 24.3 Å². The van der Waals surface area contributed by atoms with Crippen LogP contribution in [0.15, 0.2) is 66.7 Å². The predicted molar refractivity (Wildman–Crippen MR) is 138 cm³/mol. The molecular formula is C29H22N2O6. The van der Waals surface area contributed by atoms with Crippen LogP contribution >= 0.6 is 0 Å². The van der Waals surface area contributed by atoms with Gasteiger partial charge in [0, 0.05) is 11.1 Å². The lowest BCUT2D eigenvalue weighted by molar-refractivity contribution is -0.119. The summed E-state index contributed by atoms with van der Waals surface area (Å²) in [6, 6.07) is 19.2. The normalized spacial score (nSPS) is 14.5. The molecule has 1 aromatic heterocycles. The van der Waals surface area contributed by atoms with E-state index in [-0.39, 0.29) is 12.5 Å². The fraction of sp³-hybridized carbons (Fsp3) is 0.138. The van der Waals surface area contributed by atoms with Crippen LogP contribution in [-0.4, -0.2) is 35.4 Å². The van der Waals surface area contributed by atoms with Crippen molar-refractivity contribution < 1.29 is 28.9 Å². The zero-order chi connectivity index (χ0) is 25.4. The SMILES string of the molecule is O=C(COC(=O)c1c2c(nc3ccccc13)/C(=C/c1ccc3c(c1)OCO3)CC2)Nc1ccc(O)cc1. The van der Waals surface area contributed by atoms with Crippen LogP contribution in [0.25, 0.3) is 22.6 Å². The number of aromatic nitrogens is 1. The predicted octanol–water partition coefficient (Wildman–Crippen LogP) is 4.95. The average molecular weight is 495 g/mol. The highest BCUT2D eigenvalue weighted by molar-refractivity contribution is 6.08. The number of amides is 1. The lowest BCUT2D eigenvalue weighted by Gasteiger charge is -2.12. The van der Waals surface area contributed by atoms with Crippen LogP contribution in [0.5, 0.6) is 17.2 Å². The number of para-hydroxylation sites is 1. The Morgan fingerprint density at radius 3 is 2.68 bits per heavy atom. The number of hydrogen-bond acceptors (Lipinski definition) is 7. The first kappa shape index (κ1) is 22.6. The molecule has 1 aliphatic carbocycles. The minimum atomic E-state index is -0.569. The van der Waals surface area contributed by atoms with Crippen LogP contribution in [-0.2, 0) is 16.0 Å². The number of carbonyl (C=O) groups is 2. The zero-order valence-corrected chi connectivity index (χ0v) is 19.7. The summed E-state index contributed by atoms with van der Waals surface area (Å²) in [6.07, 6.45) is 3.40. The number of phenolic OH excluding ortho intramolecular Hbond substituents is 1. The summed E-state index contributed by atoms with van der Waals surface area (Å²) in [6.45, 7) is -0.227.